The summed E-state index contributed by atoms with van der Waals surface area (Å²) in [6.07, 6.45) is 0.210. The van der Waals surface area contributed by atoms with Crippen LogP contribution in [-0.2, 0) is 19.1 Å². The van der Waals surface area contributed by atoms with E-state index in [-0.39, 0.29) is 18.2 Å². The van der Waals surface area contributed by atoms with Gasteiger partial charge >= 0.3 is 0 Å². The lowest BCUT2D eigenvalue weighted by Crippen LogP contribution is -2.29. The summed E-state index contributed by atoms with van der Waals surface area (Å²) in [4.78, 5) is 24.3. The van der Waals surface area contributed by atoms with Crippen LogP contribution in [-0.4, -0.2) is 49.6 Å². The van der Waals surface area contributed by atoms with Crippen LogP contribution >= 0.6 is 25.3 Å². The Balaban J connectivity index is 2.16. The molecule has 8 heteroatoms. The molecule has 2 aliphatic rings. The van der Waals surface area contributed by atoms with E-state index in [2.05, 4.69) is 35.9 Å². The molecule has 1 saturated heterocycles. The molecule has 1 aliphatic carbocycles. The first-order valence-electron chi connectivity index (χ1n) is 6.69. The fourth-order valence-electron chi connectivity index (χ4n) is 2.12. The second-order valence-electron chi connectivity index (χ2n) is 4.45. The lowest BCUT2D eigenvalue weighted by atomic mass is 10.1. The predicted octanol–water partition coefficient (Wildman–Crippen LogP) is 0.0371. The Morgan fingerprint density at radius 3 is 1.71 bits per heavy atom. The summed E-state index contributed by atoms with van der Waals surface area (Å²) in [6, 6.07) is 0. The molecule has 1 fully saturated rings. The molecule has 0 aromatic heterocycles. The van der Waals surface area contributed by atoms with Crippen molar-refractivity contribution in [2.45, 2.75) is 6.42 Å². The van der Waals surface area contributed by atoms with E-state index >= 15 is 0 Å². The molecule has 116 valence electrons. The van der Waals surface area contributed by atoms with Crippen LogP contribution in [0.5, 0.6) is 0 Å². The minimum absolute atomic E-state index is 0.210. The lowest BCUT2D eigenvalue weighted by molar-refractivity contribution is -0.117. The number of carbonyl (C=O) groups excluding carboxylic acids is 2. The Kier molecular flexibility index (Phi) is 5.86. The van der Waals surface area contributed by atoms with E-state index in [1.807, 2.05) is 0 Å². The van der Waals surface area contributed by atoms with Crippen molar-refractivity contribution in [2.24, 2.45) is 0 Å². The molecule has 1 heterocycles. The summed E-state index contributed by atoms with van der Waals surface area (Å²) in [5, 5.41) is 5.46. The molecular weight excluding hydrogens is 312 g/mol. The van der Waals surface area contributed by atoms with Gasteiger partial charge in [0.1, 0.15) is 13.2 Å². The number of thiol groups is 2. The Morgan fingerprint density at radius 2 is 1.33 bits per heavy atom. The van der Waals surface area contributed by atoms with Crippen LogP contribution in [0.2, 0.25) is 0 Å². The molecule has 0 bridgehead atoms. The normalized spacial score (nSPS) is 17.0. The number of fused-ring (bicyclic) bond motifs is 1. The monoisotopic (exact) mass is 330 g/mol. The zero-order chi connectivity index (χ0) is 15.2. The first kappa shape index (κ1) is 16.1. The van der Waals surface area contributed by atoms with Gasteiger partial charge in [0.15, 0.2) is 11.5 Å². The van der Waals surface area contributed by atoms with Crippen LogP contribution < -0.4 is 10.6 Å². The van der Waals surface area contributed by atoms with Gasteiger partial charge in [0.25, 0.3) is 11.8 Å². The van der Waals surface area contributed by atoms with E-state index < -0.39 is 0 Å². The molecule has 0 atom stereocenters. The Labute approximate surface area is 134 Å². The van der Waals surface area contributed by atoms with Crippen molar-refractivity contribution in [3.63, 3.8) is 0 Å². The lowest BCUT2D eigenvalue weighted by Gasteiger charge is -2.20. The molecule has 1 aliphatic heterocycles. The topological polar surface area (TPSA) is 76.7 Å². The van der Waals surface area contributed by atoms with Crippen LogP contribution in [0.15, 0.2) is 22.7 Å². The fourth-order valence-corrected chi connectivity index (χ4v) is 2.35. The summed E-state index contributed by atoms with van der Waals surface area (Å²) < 4.78 is 11.0. The minimum atomic E-state index is -0.251. The Hall–Kier alpha value is -1.28. The van der Waals surface area contributed by atoms with Gasteiger partial charge in [-0.1, -0.05) is 0 Å². The van der Waals surface area contributed by atoms with Crippen molar-refractivity contribution in [1.82, 2.24) is 10.6 Å². The number of nitrogens with one attached hydrogen (secondary N) is 2. The van der Waals surface area contributed by atoms with Gasteiger partial charge in [-0.05, 0) is 0 Å². The molecule has 0 aromatic rings. The molecule has 0 aromatic carbocycles. The quantitative estimate of drug-likeness (QED) is 0.519. The van der Waals surface area contributed by atoms with Crippen molar-refractivity contribution in [3.05, 3.63) is 22.7 Å². The van der Waals surface area contributed by atoms with Gasteiger partial charge in [-0.3, -0.25) is 9.59 Å². The van der Waals surface area contributed by atoms with E-state index in [1.165, 1.54) is 0 Å². The molecule has 0 unspecified atom stereocenters. The number of hydrogen-bond acceptors (Lipinski definition) is 6. The third-order valence-electron chi connectivity index (χ3n) is 3.03. The smallest absolute Gasteiger partial charge is 0.251 e. The third kappa shape index (κ3) is 3.68. The Bertz CT molecular complexity index is 458. The largest absolute Gasteiger partial charge is 0.486 e. The van der Waals surface area contributed by atoms with Crippen LogP contribution in [0.4, 0.5) is 0 Å². The summed E-state index contributed by atoms with van der Waals surface area (Å²) >= 11 is 8.10. The van der Waals surface area contributed by atoms with Gasteiger partial charge in [-0.15, -0.1) is 0 Å². The van der Waals surface area contributed by atoms with E-state index in [0.29, 0.717) is 60.5 Å². The predicted molar refractivity (Wildman–Crippen MR) is 84.3 cm³/mol. The number of hydrogen-bond donors (Lipinski definition) is 4. The summed E-state index contributed by atoms with van der Waals surface area (Å²) in [5.41, 5.74) is 0.866. The van der Waals surface area contributed by atoms with E-state index in [1.54, 1.807) is 0 Å². The Morgan fingerprint density at radius 1 is 0.905 bits per heavy atom. The first-order chi connectivity index (χ1) is 10.2. The molecular formula is C13H18N2O4S2. The third-order valence-corrected chi connectivity index (χ3v) is 3.47. The van der Waals surface area contributed by atoms with Crippen molar-refractivity contribution >= 4 is 37.1 Å². The molecule has 2 amide bonds. The molecule has 21 heavy (non-hydrogen) atoms. The van der Waals surface area contributed by atoms with Crippen molar-refractivity contribution in [1.29, 1.82) is 0 Å². The highest BCUT2D eigenvalue weighted by molar-refractivity contribution is 7.80. The zero-order valence-electron chi connectivity index (χ0n) is 11.5. The van der Waals surface area contributed by atoms with Gasteiger partial charge in [0.05, 0.1) is 11.1 Å². The van der Waals surface area contributed by atoms with Crippen LogP contribution in [0, 0.1) is 0 Å². The summed E-state index contributed by atoms with van der Waals surface area (Å²) in [5.74, 6) is 1.35. The zero-order valence-corrected chi connectivity index (χ0v) is 13.3. The summed E-state index contributed by atoms with van der Waals surface area (Å²) in [7, 11) is 0. The van der Waals surface area contributed by atoms with Crippen molar-refractivity contribution in [2.75, 3.05) is 37.8 Å². The maximum absolute atomic E-state index is 12.1. The van der Waals surface area contributed by atoms with Gasteiger partial charge in [-0.2, -0.15) is 25.3 Å². The molecule has 0 spiro atoms. The average Bonchev–Trinajstić information content (AvgIpc) is 2.90. The number of ether oxygens (including phenoxy) is 2. The second-order valence-corrected chi connectivity index (χ2v) is 5.34. The van der Waals surface area contributed by atoms with E-state index in [0.717, 1.165) is 0 Å². The minimum Gasteiger partial charge on any atom is -0.486 e. The average molecular weight is 330 g/mol. The highest BCUT2D eigenvalue weighted by Gasteiger charge is 2.36. The van der Waals surface area contributed by atoms with Crippen molar-refractivity contribution < 1.29 is 19.1 Å². The molecule has 0 saturated carbocycles. The fraction of sp³-hybridized carbons (Fsp3) is 0.538. The number of carbonyl (C=O) groups is 2. The van der Waals surface area contributed by atoms with Crippen LogP contribution in [0.25, 0.3) is 0 Å². The van der Waals surface area contributed by atoms with Gasteiger partial charge in [0.2, 0.25) is 0 Å². The maximum atomic E-state index is 12.1. The highest BCUT2D eigenvalue weighted by atomic mass is 32.1. The molecule has 2 rings (SSSR count). The van der Waals surface area contributed by atoms with E-state index in [9.17, 15) is 9.59 Å². The second kappa shape index (κ2) is 7.65. The SMILES string of the molecule is O=C(NCCS)C1=C2OCCOC2=C(C(=O)NCCS)C1. The van der Waals surface area contributed by atoms with Gasteiger partial charge < -0.3 is 20.1 Å². The summed E-state index contributed by atoms with van der Waals surface area (Å²) in [6.45, 7) is 1.65. The number of amides is 2. The molecule has 2 N–H and O–H groups in total. The van der Waals surface area contributed by atoms with Gasteiger partial charge in [-0.25, -0.2) is 0 Å². The standard InChI is InChI=1S/C13H18N2O4S2/c16-12(14-1-5-20)8-7-9(13(17)15-2-6-21)11-10(8)18-3-4-19-11/h20-21H,1-7H2,(H,14,16)(H,15,17). The maximum Gasteiger partial charge on any atom is 0.251 e. The highest BCUT2D eigenvalue weighted by Crippen LogP contribution is 2.36. The van der Waals surface area contributed by atoms with Crippen molar-refractivity contribution in [3.8, 4) is 0 Å². The first-order valence-corrected chi connectivity index (χ1v) is 7.96. The molecule has 0 radical (unpaired) electrons. The van der Waals surface area contributed by atoms with Gasteiger partial charge in [0, 0.05) is 31.0 Å². The van der Waals surface area contributed by atoms with E-state index in [4.69, 9.17) is 9.47 Å². The van der Waals surface area contributed by atoms with Crippen LogP contribution in [0.1, 0.15) is 6.42 Å². The van der Waals surface area contributed by atoms with Crippen LogP contribution in [0.3, 0.4) is 0 Å². The molecule has 6 nitrogen and oxygen atoms in total. The number of rotatable bonds is 6.